The van der Waals surface area contributed by atoms with Crippen LogP contribution in [0.5, 0.6) is 0 Å². The van der Waals surface area contributed by atoms with Crippen molar-refractivity contribution in [1.29, 1.82) is 0 Å². The molecule has 1 heterocycles. The summed E-state index contributed by atoms with van der Waals surface area (Å²) in [6, 6.07) is 9.66. The molecule has 0 aliphatic heterocycles. The topological polar surface area (TPSA) is 56.7 Å². The second-order valence-electron chi connectivity index (χ2n) is 5.48. The quantitative estimate of drug-likeness (QED) is 0.807. The molecule has 0 spiro atoms. The molecule has 118 valence electrons. The molecule has 3 rings (SSSR count). The molecular weight excluding hydrogens is 298 g/mol. The molecule has 0 unspecified atom stereocenters. The van der Waals surface area contributed by atoms with Gasteiger partial charge in [0.05, 0.1) is 11.4 Å². The number of aromatic nitrogens is 3. The summed E-state index contributed by atoms with van der Waals surface area (Å²) in [7, 11) is 0. The van der Waals surface area contributed by atoms with Crippen molar-refractivity contribution in [1.82, 2.24) is 15.0 Å². The zero-order valence-electron chi connectivity index (χ0n) is 12.8. The number of nitrogens with two attached hydrogens (primary N) is 1. The highest BCUT2D eigenvalue weighted by molar-refractivity contribution is 5.64. The molecule has 1 aromatic heterocycles. The zero-order chi connectivity index (χ0) is 16.6. The van der Waals surface area contributed by atoms with Gasteiger partial charge in [0, 0.05) is 12.1 Å². The van der Waals surface area contributed by atoms with Crippen LogP contribution in [-0.2, 0) is 6.54 Å². The Morgan fingerprint density at radius 3 is 2.30 bits per heavy atom. The normalized spacial score (nSPS) is 11.0. The van der Waals surface area contributed by atoms with Crippen LogP contribution < -0.4 is 5.73 Å². The first-order chi connectivity index (χ1) is 11.0. The molecule has 0 saturated carbocycles. The van der Waals surface area contributed by atoms with E-state index in [0.717, 1.165) is 28.9 Å². The molecule has 0 radical (unpaired) electrons. The van der Waals surface area contributed by atoms with Gasteiger partial charge >= 0.3 is 0 Å². The predicted octanol–water partition coefficient (Wildman–Crippen LogP) is 3.29. The van der Waals surface area contributed by atoms with Crippen LogP contribution in [0.25, 0.3) is 16.9 Å². The van der Waals surface area contributed by atoms with Crippen LogP contribution in [0.15, 0.2) is 36.4 Å². The third-order valence-corrected chi connectivity index (χ3v) is 3.58. The Hall–Kier alpha value is -2.60. The van der Waals surface area contributed by atoms with Gasteiger partial charge in [-0.1, -0.05) is 11.3 Å². The molecule has 0 atom stereocenters. The number of halogens is 2. The molecule has 3 aromatic rings. The van der Waals surface area contributed by atoms with Gasteiger partial charge in [-0.05, 0) is 55.3 Å². The number of hydrogen-bond donors (Lipinski definition) is 1. The molecule has 6 heteroatoms. The van der Waals surface area contributed by atoms with Gasteiger partial charge in [-0.2, -0.15) is 0 Å². The summed E-state index contributed by atoms with van der Waals surface area (Å²) in [4.78, 5) is 0. The lowest BCUT2D eigenvalue weighted by Crippen LogP contribution is -2.03. The largest absolute Gasteiger partial charge is 0.325 e. The Morgan fingerprint density at radius 2 is 1.70 bits per heavy atom. The van der Waals surface area contributed by atoms with E-state index >= 15 is 0 Å². The highest BCUT2D eigenvalue weighted by atomic mass is 19.2. The lowest BCUT2D eigenvalue weighted by molar-refractivity contribution is 0.509. The smallest absolute Gasteiger partial charge is 0.159 e. The van der Waals surface area contributed by atoms with Crippen LogP contribution >= 0.6 is 0 Å². The number of rotatable bonds is 3. The van der Waals surface area contributed by atoms with Gasteiger partial charge in [-0.3, -0.25) is 0 Å². The molecule has 2 N–H and O–H groups in total. The third-order valence-electron chi connectivity index (χ3n) is 3.58. The first kappa shape index (κ1) is 15.3. The summed E-state index contributed by atoms with van der Waals surface area (Å²) in [5.74, 6) is -1.81. The van der Waals surface area contributed by atoms with Gasteiger partial charge in [0.1, 0.15) is 5.69 Å². The Morgan fingerprint density at radius 1 is 1.00 bits per heavy atom. The van der Waals surface area contributed by atoms with E-state index in [2.05, 4.69) is 10.3 Å². The molecule has 0 aliphatic rings. The van der Waals surface area contributed by atoms with E-state index in [-0.39, 0.29) is 6.54 Å². The average Bonchev–Trinajstić information content (AvgIpc) is 2.93. The van der Waals surface area contributed by atoms with Gasteiger partial charge in [0.25, 0.3) is 0 Å². The van der Waals surface area contributed by atoms with E-state index in [0.29, 0.717) is 17.0 Å². The summed E-state index contributed by atoms with van der Waals surface area (Å²) in [6.45, 7) is 4.11. The fourth-order valence-electron chi connectivity index (χ4n) is 2.64. The zero-order valence-corrected chi connectivity index (χ0v) is 12.8. The molecule has 0 bridgehead atoms. The van der Waals surface area contributed by atoms with E-state index in [1.807, 2.05) is 32.0 Å². The Labute approximate surface area is 132 Å². The number of hydrogen-bond acceptors (Lipinski definition) is 3. The molecule has 23 heavy (non-hydrogen) atoms. The van der Waals surface area contributed by atoms with Crippen LogP contribution in [0.1, 0.15) is 16.8 Å². The number of nitrogens with zero attached hydrogens (tertiary/aromatic N) is 3. The third kappa shape index (κ3) is 2.85. The van der Waals surface area contributed by atoms with Crippen molar-refractivity contribution >= 4 is 0 Å². The van der Waals surface area contributed by atoms with Crippen molar-refractivity contribution in [3.05, 3.63) is 64.9 Å². The minimum Gasteiger partial charge on any atom is -0.325 e. The van der Waals surface area contributed by atoms with Crippen LogP contribution in [0.4, 0.5) is 8.78 Å². The predicted molar refractivity (Wildman–Crippen MR) is 84.1 cm³/mol. The summed E-state index contributed by atoms with van der Waals surface area (Å²) in [5.41, 5.74) is 10.2. The van der Waals surface area contributed by atoms with Crippen molar-refractivity contribution in [2.75, 3.05) is 0 Å². The summed E-state index contributed by atoms with van der Waals surface area (Å²) in [6.07, 6.45) is 0. The summed E-state index contributed by atoms with van der Waals surface area (Å²) >= 11 is 0. The second kappa shape index (κ2) is 5.89. The van der Waals surface area contributed by atoms with Gasteiger partial charge in [0.15, 0.2) is 11.6 Å². The lowest BCUT2D eigenvalue weighted by atomic mass is 10.1. The van der Waals surface area contributed by atoms with Crippen molar-refractivity contribution in [3.8, 4) is 16.9 Å². The molecular formula is C17H16F2N4. The fraction of sp³-hybridized carbons (Fsp3) is 0.176. The van der Waals surface area contributed by atoms with Crippen LogP contribution in [0, 0.1) is 25.5 Å². The van der Waals surface area contributed by atoms with Crippen LogP contribution in [0.2, 0.25) is 0 Å². The highest BCUT2D eigenvalue weighted by Crippen LogP contribution is 2.27. The second-order valence-corrected chi connectivity index (χ2v) is 5.48. The minimum absolute atomic E-state index is 0.152. The van der Waals surface area contributed by atoms with E-state index in [1.54, 1.807) is 4.68 Å². The molecule has 2 aromatic carbocycles. The van der Waals surface area contributed by atoms with Crippen molar-refractivity contribution < 1.29 is 8.78 Å². The van der Waals surface area contributed by atoms with Crippen molar-refractivity contribution in [2.45, 2.75) is 20.4 Å². The van der Waals surface area contributed by atoms with Crippen molar-refractivity contribution in [2.24, 2.45) is 5.73 Å². The maximum atomic E-state index is 13.6. The molecule has 0 saturated heterocycles. The number of benzene rings is 2. The van der Waals surface area contributed by atoms with Gasteiger partial charge in [0.2, 0.25) is 0 Å². The lowest BCUT2D eigenvalue weighted by Gasteiger charge is -2.10. The first-order valence-electron chi connectivity index (χ1n) is 7.18. The molecule has 4 nitrogen and oxygen atoms in total. The molecule has 0 amide bonds. The minimum atomic E-state index is -0.918. The number of aryl methyl sites for hydroxylation is 2. The van der Waals surface area contributed by atoms with E-state index in [9.17, 15) is 8.78 Å². The summed E-state index contributed by atoms with van der Waals surface area (Å²) in [5, 5.41) is 8.21. The highest BCUT2D eigenvalue weighted by Gasteiger charge is 2.17. The van der Waals surface area contributed by atoms with Gasteiger partial charge in [-0.15, -0.1) is 5.10 Å². The van der Waals surface area contributed by atoms with E-state index < -0.39 is 11.6 Å². The van der Waals surface area contributed by atoms with E-state index in [1.165, 1.54) is 6.07 Å². The SMILES string of the molecule is Cc1cc(C)cc(-n2nnc(CN)c2-c2ccc(F)c(F)c2)c1. The maximum absolute atomic E-state index is 13.6. The van der Waals surface area contributed by atoms with E-state index in [4.69, 9.17) is 5.73 Å². The average molecular weight is 314 g/mol. The molecule has 0 fully saturated rings. The first-order valence-corrected chi connectivity index (χ1v) is 7.18. The Balaban J connectivity index is 2.23. The monoisotopic (exact) mass is 314 g/mol. The van der Waals surface area contributed by atoms with Gasteiger partial charge < -0.3 is 5.73 Å². The molecule has 0 aliphatic carbocycles. The maximum Gasteiger partial charge on any atom is 0.159 e. The van der Waals surface area contributed by atoms with Crippen LogP contribution in [-0.4, -0.2) is 15.0 Å². The van der Waals surface area contributed by atoms with Crippen LogP contribution in [0.3, 0.4) is 0 Å². The Bertz CT molecular complexity index is 851. The standard InChI is InChI=1S/C17H16F2N4/c1-10-5-11(2)7-13(6-10)23-17(16(9-20)21-22-23)12-3-4-14(18)15(19)8-12/h3-8H,9,20H2,1-2H3. The summed E-state index contributed by atoms with van der Waals surface area (Å²) < 4.78 is 28.4. The van der Waals surface area contributed by atoms with Gasteiger partial charge in [-0.25, -0.2) is 13.5 Å². The van der Waals surface area contributed by atoms with Crippen molar-refractivity contribution in [3.63, 3.8) is 0 Å². The fourth-order valence-corrected chi connectivity index (χ4v) is 2.64. The Kier molecular flexibility index (Phi) is 3.92.